The number of carbonyl (C=O) groups excluding carboxylic acids is 3. The van der Waals surface area contributed by atoms with Crippen molar-refractivity contribution in [2.75, 3.05) is 10.6 Å². The summed E-state index contributed by atoms with van der Waals surface area (Å²) in [6.45, 7) is 1.69. The van der Waals surface area contributed by atoms with Crippen LogP contribution in [0.5, 0.6) is 5.75 Å². The van der Waals surface area contributed by atoms with Gasteiger partial charge in [0.1, 0.15) is 5.75 Å². The molecule has 0 aliphatic carbocycles. The molecule has 0 radical (unpaired) electrons. The van der Waals surface area contributed by atoms with Crippen LogP contribution in [0.1, 0.15) is 34.1 Å². The van der Waals surface area contributed by atoms with Crippen molar-refractivity contribution in [3.63, 3.8) is 0 Å². The van der Waals surface area contributed by atoms with Crippen LogP contribution in [0.15, 0.2) is 60.1 Å². The number of anilines is 2. The van der Waals surface area contributed by atoms with Crippen LogP contribution in [-0.2, 0) is 4.79 Å². The van der Waals surface area contributed by atoms with Gasteiger partial charge in [-0.3, -0.25) is 19.7 Å². The summed E-state index contributed by atoms with van der Waals surface area (Å²) >= 11 is 1.30. The lowest BCUT2D eigenvalue weighted by Gasteiger charge is -2.11. The number of carbonyl (C=O) groups is 3. The van der Waals surface area contributed by atoms with Gasteiger partial charge in [-0.05, 0) is 30.3 Å². The molecule has 2 N–H and O–H groups in total. The Labute approximate surface area is 165 Å². The van der Waals surface area contributed by atoms with Gasteiger partial charge in [0.25, 0.3) is 11.8 Å². The van der Waals surface area contributed by atoms with Crippen LogP contribution >= 0.6 is 11.3 Å². The number of thiazole rings is 1. The van der Waals surface area contributed by atoms with E-state index in [1.54, 1.807) is 61.0 Å². The number of benzene rings is 2. The van der Waals surface area contributed by atoms with Gasteiger partial charge in [-0.2, -0.15) is 0 Å². The first-order valence-corrected chi connectivity index (χ1v) is 9.36. The Balaban J connectivity index is 1.77. The highest BCUT2D eigenvalue weighted by atomic mass is 32.1. The Kier molecular flexibility index (Phi) is 6.13. The summed E-state index contributed by atoms with van der Waals surface area (Å²) in [5.41, 5.74) is 0.966. The molecule has 0 bridgehead atoms. The maximum Gasteiger partial charge on any atom is 0.310 e. The molecule has 142 valence electrons. The quantitative estimate of drug-likeness (QED) is 0.486. The third-order valence-electron chi connectivity index (χ3n) is 3.69. The zero-order chi connectivity index (χ0) is 19.9. The Morgan fingerprint density at radius 3 is 2.61 bits per heavy atom. The maximum absolute atomic E-state index is 12.6. The van der Waals surface area contributed by atoms with Crippen molar-refractivity contribution in [3.8, 4) is 5.75 Å². The van der Waals surface area contributed by atoms with E-state index in [4.69, 9.17) is 4.74 Å². The fourth-order valence-corrected chi connectivity index (χ4v) is 2.86. The number of para-hydroxylation sites is 1. The number of hydrogen-bond acceptors (Lipinski definition) is 6. The van der Waals surface area contributed by atoms with Crippen molar-refractivity contribution in [1.82, 2.24) is 4.98 Å². The molecule has 7 nitrogen and oxygen atoms in total. The average Bonchev–Trinajstić information content (AvgIpc) is 3.21. The molecule has 1 heterocycles. The zero-order valence-electron chi connectivity index (χ0n) is 15.0. The third-order valence-corrected chi connectivity index (χ3v) is 4.38. The fourth-order valence-electron chi connectivity index (χ4n) is 2.34. The molecule has 0 unspecified atom stereocenters. The summed E-state index contributed by atoms with van der Waals surface area (Å²) in [6, 6.07) is 13.0. The second-order valence-corrected chi connectivity index (χ2v) is 6.54. The molecule has 0 spiro atoms. The highest BCUT2D eigenvalue weighted by Crippen LogP contribution is 2.20. The van der Waals surface area contributed by atoms with Gasteiger partial charge in [0, 0.05) is 23.6 Å². The standard InChI is InChI=1S/C20H17N3O4S/c1-2-17(24)27-14-7-5-6-13(12-14)18(25)22-16-9-4-3-8-15(16)19(26)23-20-21-10-11-28-20/h3-12H,2H2,1H3,(H,22,25)(H,21,23,26). The molecule has 8 heteroatoms. The number of ether oxygens (including phenoxy) is 1. The first-order chi connectivity index (χ1) is 13.6. The van der Waals surface area contributed by atoms with Crippen LogP contribution in [0.2, 0.25) is 0 Å². The number of aromatic nitrogens is 1. The summed E-state index contributed by atoms with van der Waals surface area (Å²) in [4.78, 5) is 40.6. The molecule has 3 aromatic rings. The molecule has 2 aromatic carbocycles. The highest BCUT2D eigenvalue weighted by molar-refractivity contribution is 7.13. The van der Waals surface area contributed by atoms with Gasteiger partial charge < -0.3 is 10.1 Å². The van der Waals surface area contributed by atoms with Crippen molar-refractivity contribution >= 4 is 39.9 Å². The van der Waals surface area contributed by atoms with Gasteiger partial charge in [0.2, 0.25) is 0 Å². The first-order valence-electron chi connectivity index (χ1n) is 8.48. The van der Waals surface area contributed by atoms with Crippen LogP contribution in [0.3, 0.4) is 0 Å². The SMILES string of the molecule is CCC(=O)Oc1cccc(C(=O)Nc2ccccc2C(=O)Nc2nccs2)c1. The van der Waals surface area contributed by atoms with Crippen LogP contribution in [0, 0.1) is 0 Å². The number of hydrogen-bond donors (Lipinski definition) is 2. The normalized spacial score (nSPS) is 10.2. The Morgan fingerprint density at radius 1 is 1.04 bits per heavy atom. The Morgan fingerprint density at radius 2 is 1.86 bits per heavy atom. The lowest BCUT2D eigenvalue weighted by molar-refractivity contribution is -0.134. The van der Waals surface area contributed by atoms with Crippen molar-refractivity contribution < 1.29 is 19.1 Å². The second kappa shape index (κ2) is 8.92. The van der Waals surface area contributed by atoms with E-state index in [0.29, 0.717) is 21.9 Å². The number of esters is 1. The first kappa shape index (κ1) is 19.2. The van der Waals surface area contributed by atoms with E-state index < -0.39 is 5.91 Å². The van der Waals surface area contributed by atoms with Crippen molar-refractivity contribution in [2.24, 2.45) is 0 Å². The van der Waals surface area contributed by atoms with E-state index in [-0.39, 0.29) is 24.0 Å². The fraction of sp³-hybridized carbons (Fsp3) is 0.100. The number of rotatable bonds is 6. The molecule has 1 aromatic heterocycles. The minimum Gasteiger partial charge on any atom is -0.427 e. The van der Waals surface area contributed by atoms with E-state index in [0.717, 1.165) is 0 Å². The molecule has 0 saturated carbocycles. The van der Waals surface area contributed by atoms with Gasteiger partial charge in [-0.1, -0.05) is 25.1 Å². The van der Waals surface area contributed by atoms with Crippen LogP contribution in [0.4, 0.5) is 10.8 Å². The molecule has 2 amide bonds. The lowest BCUT2D eigenvalue weighted by atomic mass is 10.1. The molecular weight excluding hydrogens is 378 g/mol. The molecule has 0 aliphatic heterocycles. The van der Waals surface area contributed by atoms with Crippen molar-refractivity contribution in [1.29, 1.82) is 0 Å². The second-order valence-electron chi connectivity index (χ2n) is 5.65. The molecule has 28 heavy (non-hydrogen) atoms. The Hall–Kier alpha value is -3.52. The van der Waals surface area contributed by atoms with E-state index in [1.807, 2.05) is 0 Å². The van der Waals surface area contributed by atoms with Crippen molar-refractivity contribution in [3.05, 3.63) is 71.2 Å². The van der Waals surface area contributed by atoms with E-state index in [2.05, 4.69) is 15.6 Å². The largest absolute Gasteiger partial charge is 0.427 e. The summed E-state index contributed by atoms with van der Waals surface area (Å²) in [6.07, 6.45) is 1.82. The zero-order valence-corrected chi connectivity index (χ0v) is 15.8. The molecule has 3 rings (SSSR count). The monoisotopic (exact) mass is 395 g/mol. The topological polar surface area (TPSA) is 97.4 Å². The van der Waals surface area contributed by atoms with E-state index in [1.165, 1.54) is 17.4 Å². The van der Waals surface area contributed by atoms with Crippen LogP contribution < -0.4 is 15.4 Å². The number of nitrogens with zero attached hydrogens (tertiary/aromatic N) is 1. The van der Waals surface area contributed by atoms with E-state index in [9.17, 15) is 14.4 Å². The summed E-state index contributed by atoms with van der Waals surface area (Å²) in [7, 11) is 0. The molecule has 0 atom stereocenters. The summed E-state index contributed by atoms with van der Waals surface area (Å²) in [5, 5.41) is 7.63. The molecular formula is C20H17N3O4S. The minimum absolute atomic E-state index is 0.234. The third kappa shape index (κ3) is 4.80. The number of amides is 2. The number of nitrogens with one attached hydrogen (secondary N) is 2. The average molecular weight is 395 g/mol. The van der Waals surface area contributed by atoms with Crippen molar-refractivity contribution in [2.45, 2.75) is 13.3 Å². The van der Waals surface area contributed by atoms with Crippen LogP contribution in [-0.4, -0.2) is 22.8 Å². The molecule has 0 fully saturated rings. The predicted molar refractivity (Wildman–Crippen MR) is 107 cm³/mol. The maximum atomic E-state index is 12.6. The van der Waals surface area contributed by atoms with Gasteiger partial charge in [0.15, 0.2) is 5.13 Å². The van der Waals surface area contributed by atoms with Gasteiger partial charge in [-0.25, -0.2) is 4.98 Å². The lowest BCUT2D eigenvalue weighted by Crippen LogP contribution is -2.18. The predicted octanol–water partition coefficient (Wildman–Crippen LogP) is 3.96. The molecule has 0 saturated heterocycles. The summed E-state index contributed by atoms with van der Waals surface area (Å²) in [5.74, 6) is -0.906. The highest BCUT2D eigenvalue weighted by Gasteiger charge is 2.15. The molecule has 0 aliphatic rings. The minimum atomic E-state index is -0.427. The Bertz CT molecular complexity index is 1000. The van der Waals surface area contributed by atoms with Crippen LogP contribution in [0.25, 0.3) is 0 Å². The summed E-state index contributed by atoms with van der Waals surface area (Å²) < 4.78 is 5.14. The smallest absolute Gasteiger partial charge is 0.310 e. The van der Waals surface area contributed by atoms with E-state index >= 15 is 0 Å². The van der Waals surface area contributed by atoms with Gasteiger partial charge in [-0.15, -0.1) is 11.3 Å². The van der Waals surface area contributed by atoms with Gasteiger partial charge >= 0.3 is 5.97 Å². The van der Waals surface area contributed by atoms with Gasteiger partial charge in [0.05, 0.1) is 11.3 Å².